The van der Waals surface area contributed by atoms with Crippen molar-refractivity contribution in [2.45, 2.75) is 26.7 Å². The molecule has 1 aromatic carbocycles. The molecular weight excluding hydrogens is 298 g/mol. The molecule has 132 valence electrons. The topological polar surface area (TPSA) is 34.1 Å². The summed E-state index contributed by atoms with van der Waals surface area (Å²) in [4.78, 5) is 2.22. The fourth-order valence-electron chi connectivity index (χ4n) is 2.71. The molecule has 1 N–H and O–H groups in total. The Morgan fingerprint density at radius 2 is 2.17 bits per heavy atom. The van der Waals surface area contributed by atoms with Crippen LogP contribution in [0.3, 0.4) is 0 Å². The molecule has 0 atom stereocenters. The first-order valence-electron chi connectivity index (χ1n) is 8.80. The van der Waals surface area contributed by atoms with Crippen LogP contribution in [0.5, 0.6) is 0 Å². The Labute approximate surface area is 146 Å². The SMILES string of the molecule is C=C(c1cc(C)ccc1N1N=CCN1C)N(C)CCNCCCC. The number of nitrogens with zero attached hydrogens (tertiary/aromatic N) is 4. The standard InChI is InChI=1S/C19H31N5/c1-6-7-10-20-11-13-22(4)17(3)18-15-16(2)8-9-19(18)24-21-12-14-23(24)5/h8-9,12,15,20H,3,6-7,10-11,13-14H2,1-2,4-5H3. The summed E-state index contributed by atoms with van der Waals surface area (Å²) < 4.78 is 0. The van der Waals surface area contributed by atoms with E-state index in [-0.39, 0.29) is 0 Å². The summed E-state index contributed by atoms with van der Waals surface area (Å²) in [6.45, 7) is 12.5. The van der Waals surface area contributed by atoms with Crippen molar-refractivity contribution >= 4 is 17.6 Å². The monoisotopic (exact) mass is 329 g/mol. The Balaban J connectivity index is 2.07. The smallest absolute Gasteiger partial charge is 0.0874 e. The summed E-state index contributed by atoms with van der Waals surface area (Å²) in [5, 5.41) is 12.0. The van der Waals surface area contributed by atoms with E-state index in [1.54, 1.807) is 0 Å². The highest BCUT2D eigenvalue weighted by atomic mass is 15.8. The molecule has 1 aliphatic rings. The zero-order valence-electron chi connectivity index (χ0n) is 15.5. The molecular formula is C19H31N5. The van der Waals surface area contributed by atoms with E-state index in [1.165, 1.54) is 18.4 Å². The lowest BCUT2D eigenvalue weighted by molar-refractivity contribution is 0.377. The summed E-state index contributed by atoms with van der Waals surface area (Å²) in [5.74, 6) is 0. The molecule has 0 bridgehead atoms. The third-order valence-corrected chi connectivity index (χ3v) is 4.33. The molecule has 0 radical (unpaired) electrons. The Morgan fingerprint density at radius 3 is 2.83 bits per heavy atom. The lowest BCUT2D eigenvalue weighted by Crippen LogP contribution is -2.33. The maximum atomic E-state index is 4.48. The van der Waals surface area contributed by atoms with Crippen LogP contribution < -0.4 is 10.4 Å². The molecule has 2 rings (SSSR count). The van der Waals surface area contributed by atoms with Gasteiger partial charge in [-0.05, 0) is 32.0 Å². The number of aryl methyl sites for hydroxylation is 1. The van der Waals surface area contributed by atoms with Crippen LogP contribution in [0.15, 0.2) is 29.9 Å². The number of rotatable bonds is 9. The minimum absolute atomic E-state index is 0.830. The molecule has 24 heavy (non-hydrogen) atoms. The van der Waals surface area contributed by atoms with Crippen LogP contribution in [0.25, 0.3) is 5.70 Å². The summed E-state index contributed by atoms with van der Waals surface area (Å²) in [6.07, 6.45) is 4.38. The molecule has 0 saturated carbocycles. The lowest BCUT2D eigenvalue weighted by Gasteiger charge is -2.29. The molecule has 1 aromatic rings. The van der Waals surface area contributed by atoms with Crippen molar-refractivity contribution in [2.24, 2.45) is 5.10 Å². The number of hydrogen-bond donors (Lipinski definition) is 1. The van der Waals surface area contributed by atoms with Crippen LogP contribution in [0.1, 0.15) is 30.9 Å². The summed E-state index contributed by atoms with van der Waals surface area (Å²) >= 11 is 0. The highest BCUT2D eigenvalue weighted by molar-refractivity contribution is 5.77. The molecule has 0 unspecified atom stereocenters. The largest absolute Gasteiger partial charge is 0.373 e. The van der Waals surface area contributed by atoms with Gasteiger partial charge in [0.25, 0.3) is 0 Å². The highest BCUT2D eigenvalue weighted by Gasteiger charge is 2.20. The minimum Gasteiger partial charge on any atom is -0.373 e. The lowest BCUT2D eigenvalue weighted by atomic mass is 10.1. The van der Waals surface area contributed by atoms with Gasteiger partial charge in [0.2, 0.25) is 0 Å². The van der Waals surface area contributed by atoms with Gasteiger partial charge >= 0.3 is 0 Å². The molecule has 0 aromatic heterocycles. The second-order valence-electron chi connectivity index (χ2n) is 6.42. The third-order valence-electron chi connectivity index (χ3n) is 4.33. The van der Waals surface area contributed by atoms with Crippen molar-refractivity contribution in [2.75, 3.05) is 45.4 Å². The second kappa shape index (κ2) is 8.85. The van der Waals surface area contributed by atoms with E-state index in [9.17, 15) is 0 Å². The van der Waals surface area contributed by atoms with Gasteiger partial charge in [-0.25, -0.2) is 0 Å². The average Bonchev–Trinajstić information content (AvgIpc) is 2.99. The summed E-state index contributed by atoms with van der Waals surface area (Å²) in [7, 11) is 4.15. The van der Waals surface area contributed by atoms with Crippen molar-refractivity contribution in [1.82, 2.24) is 15.2 Å². The average molecular weight is 329 g/mol. The highest BCUT2D eigenvalue weighted by Crippen LogP contribution is 2.30. The Hall–Kier alpha value is -1.85. The Morgan fingerprint density at radius 1 is 1.38 bits per heavy atom. The van der Waals surface area contributed by atoms with Gasteiger partial charge in [0.05, 0.1) is 12.2 Å². The van der Waals surface area contributed by atoms with Crippen LogP contribution in [-0.4, -0.2) is 56.4 Å². The molecule has 0 spiro atoms. The number of unbranched alkanes of at least 4 members (excludes halogenated alkanes) is 1. The molecule has 0 amide bonds. The van der Waals surface area contributed by atoms with Crippen molar-refractivity contribution < 1.29 is 0 Å². The van der Waals surface area contributed by atoms with Gasteiger partial charge in [-0.2, -0.15) is 15.2 Å². The van der Waals surface area contributed by atoms with Gasteiger partial charge in [-0.1, -0.05) is 31.6 Å². The Kier molecular flexibility index (Phi) is 6.82. The number of benzene rings is 1. The number of hydrogen-bond acceptors (Lipinski definition) is 5. The van der Waals surface area contributed by atoms with Crippen molar-refractivity contribution in [1.29, 1.82) is 0 Å². The van der Waals surface area contributed by atoms with Gasteiger partial charge in [0.15, 0.2) is 0 Å². The number of hydrazone groups is 1. The van der Waals surface area contributed by atoms with E-state index in [2.05, 4.69) is 66.0 Å². The molecule has 0 saturated heterocycles. The number of likely N-dealkylation sites (N-methyl/N-ethyl adjacent to an activating group) is 1. The van der Waals surface area contributed by atoms with Gasteiger partial charge < -0.3 is 10.2 Å². The third kappa shape index (κ3) is 4.58. The normalized spacial score (nSPS) is 14.4. The number of anilines is 1. The molecule has 0 aliphatic carbocycles. The Bertz CT molecular complexity index is 581. The first-order valence-corrected chi connectivity index (χ1v) is 8.80. The van der Waals surface area contributed by atoms with E-state index in [0.717, 1.165) is 43.1 Å². The summed E-state index contributed by atoms with van der Waals surface area (Å²) in [5.41, 5.74) is 4.47. The van der Waals surface area contributed by atoms with Crippen LogP contribution in [0, 0.1) is 6.92 Å². The number of nitrogens with one attached hydrogen (secondary N) is 1. The van der Waals surface area contributed by atoms with E-state index in [1.807, 2.05) is 18.4 Å². The quantitative estimate of drug-likeness (QED) is 0.706. The van der Waals surface area contributed by atoms with Gasteiger partial charge in [-0.3, -0.25) is 0 Å². The van der Waals surface area contributed by atoms with Crippen LogP contribution in [0.2, 0.25) is 0 Å². The van der Waals surface area contributed by atoms with Crippen molar-refractivity contribution in [3.8, 4) is 0 Å². The van der Waals surface area contributed by atoms with E-state index in [0.29, 0.717) is 0 Å². The first-order chi connectivity index (χ1) is 11.5. The predicted octanol–water partition coefficient (Wildman–Crippen LogP) is 2.94. The molecule has 0 fully saturated rings. The molecule has 1 aliphatic heterocycles. The minimum atomic E-state index is 0.830. The van der Waals surface area contributed by atoms with Crippen LogP contribution in [-0.2, 0) is 0 Å². The van der Waals surface area contributed by atoms with Gasteiger partial charge in [0, 0.05) is 44.7 Å². The molecule has 5 heteroatoms. The number of hydrazine groups is 1. The van der Waals surface area contributed by atoms with Crippen molar-refractivity contribution in [3.05, 3.63) is 35.9 Å². The van der Waals surface area contributed by atoms with Crippen LogP contribution in [0.4, 0.5) is 5.69 Å². The molecule has 5 nitrogen and oxygen atoms in total. The maximum Gasteiger partial charge on any atom is 0.0874 e. The first kappa shape index (κ1) is 18.5. The molecule has 1 heterocycles. The zero-order chi connectivity index (χ0) is 17.5. The van der Waals surface area contributed by atoms with E-state index >= 15 is 0 Å². The van der Waals surface area contributed by atoms with Gasteiger partial charge in [0.1, 0.15) is 0 Å². The van der Waals surface area contributed by atoms with Crippen LogP contribution >= 0.6 is 0 Å². The van der Waals surface area contributed by atoms with Gasteiger partial charge in [-0.15, -0.1) is 0 Å². The van der Waals surface area contributed by atoms with Crippen molar-refractivity contribution in [3.63, 3.8) is 0 Å². The summed E-state index contributed by atoms with van der Waals surface area (Å²) in [6, 6.07) is 6.45. The van der Waals surface area contributed by atoms with E-state index in [4.69, 9.17) is 0 Å². The predicted molar refractivity (Wildman–Crippen MR) is 104 cm³/mol. The fourth-order valence-corrected chi connectivity index (χ4v) is 2.71. The van der Waals surface area contributed by atoms with E-state index < -0.39 is 0 Å². The second-order valence-corrected chi connectivity index (χ2v) is 6.42. The zero-order valence-corrected chi connectivity index (χ0v) is 15.5. The maximum absolute atomic E-state index is 4.48. The fraction of sp³-hybridized carbons (Fsp3) is 0.526.